The lowest BCUT2D eigenvalue weighted by molar-refractivity contribution is -0.137. The van der Waals surface area contributed by atoms with E-state index in [9.17, 15) is 23.1 Å². The average Bonchev–Trinajstić information content (AvgIpc) is 2.50. The number of hydrogen-bond acceptors (Lipinski definition) is 3. The van der Waals surface area contributed by atoms with Gasteiger partial charge in [-0.1, -0.05) is 23.7 Å². The molecule has 0 atom stereocenters. The van der Waals surface area contributed by atoms with Gasteiger partial charge in [-0.3, -0.25) is 4.79 Å². The largest absolute Gasteiger partial charge is 0.502 e. The first-order chi connectivity index (χ1) is 11.2. The van der Waals surface area contributed by atoms with Crippen LogP contribution in [-0.4, -0.2) is 5.11 Å². The third kappa shape index (κ3) is 2.89. The molecule has 0 fully saturated rings. The number of fused-ring (bicyclic) bond motifs is 1. The van der Waals surface area contributed by atoms with E-state index in [0.29, 0.717) is 4.47 Å². The highest BCUT2D eigenvalue weighted by Gasteiger charge is 2.30. The molecule has 1 heterocycles. The minimum Gasteiger partial charge on any atom is -0.502 e. The molecule has 24 heavy (non-hydrogen) atoms. The van der Waals surface area contributed by atoms with E-state index in [1.807, 2.05) is 0 Å². The lowest BCUT2D eigenvalue weighted by Gasteiger charge is -2.09. The normalized spacial score (nSPS) is 11.9. The van der Waals surface area contributed by atoms with Crippen LogP contribution < -0.4 is 5.43 Å². The van der Waals surface area contributed by atoms with Crippen LogP contribution in [0.15, 0.2) is 50.1 Å². The van der Waals surface area contributed by atoms with Gasteiger partial charge in [0, 0.05) is 10.6 Å². The van der Waals surface area contributed by atoms with Crippen LogP contribution in [0.25, 0.3) is 22.3 Å². The molecule has 124 valence electrons. The Bertz CT molecular complexity index is 995. The van der Waals surface area contributed by atoms with Crippen LogP contribution >= 0.6 is 27.5 Å². The van der Waals surface area contributed by atoms with Crippen LogP contribution in [0.5, 0.6) is 5.75 Å². The molecule has 0 radical (unpaired) electrons. The minimum atomic E-state index is -4.48. The zero-order valence-electron chi connectivity index (χ0n) is 11.6. The van der Waals surface area contributed by atoms with Crippen molar-refractivity contribution in [1.29, 1.82) is 0 Å². The maximum absolute atomic E-state index is 12.6. The van der Waals surface area contributed by atoms with Gasteiger partial charge in [0.1, 0.15) is 0 Å². The first kappa shape index (κ1) is 16.9. The summed E-state index contributed by atoms with van der Waals surface area (Å²) < 4.78 is 43.8. The van der Waals surface area contributed by atoms with Gasteiger partial charge in [-0.05, 0) is 40.2 Å². The van der Waals surface area contributed by atoms with E-state index in [4.69, 9.17) is 16.0 Å². The monoisotopic (exact) mass is 418 g/mol. The van der Waals surface area contributed by atoms with Crippen molar-refractivity contribution in [2.24, 2.45) is 0 Å². The maximum atomic E-state index is 12.6. The van der Waals surface area contributed by atoms with Gasteiger partial charge in [-0.15, -0.1) is 0 Å². The van der Waals surface area contributed by atoms with Crippen LogP contribution in [0.2, 0.25) is 5.02 Å². The lowest BCUT2D eigenvalue weighted by Crippen LogP contribution is -2.05. The molecule has 0 aliphatic carbocycles. The van der Waals surface area contributed by atoms with Crippen LogP contribution in [0.4, 0.5) is 13.2 Å². The summed E-state index contributed by atoms with van der Waals surface area (Å²) in [6.45, 7) is 0. The average molecular weight is 420 g/mol. The molecule has 0 spiro atoms. The molecule has 1 aromatic heterocycles. The van der Waals surface area contributed by atoms with Crippen molar-refractivity contribution in [2.75, 3.05) is 0 Å². The number of halogens is 5. The molecule has 0 aliphatic rings. The highest BCUT2D eigenvalue weighted by molar-refractivity contribution is 9.10. The SMILES string of the molecule is O=c1c(O)c(-c2ccc(C(F)(F)F)cc2)oc2c(Br)cc(Cl)cc12. The van der Waals surface area contributed by atoms with Crippen molar-refractivity contribution in [2.45, 2.75) is 6.18 Å². The van der Waals surface area contributed by atoms with Crippen LogP contribution in [0.3, 0.4) is 0 Å². The molecule has 8 heteroatoms. The summed E-state index contributed by atoms with van der Waals surface area (Å²) in [7, 11) is 0. The Balaban J connectivity index is 2.24. The summed E-state index contributed by atoms with van der Waals surface area (Å²) in [5.74, 6) is -0.916. The number of benzene rings is 2. The van der Waals surface area contributed by atoms with Crippen molar-refractivity contribution in [3.63, 3.8) is 0 Å². The third-order valence-corrected chi connectivity index (χ3v) is 4.17. The smallest absolute Gasteiger partial charge is 0.416 e. The van der Waals surface area contributed by atoms with Crippen molar-refractivity contribution in [1.82, 2.24) is 0 Å². The number of alkyl halides is 3. The Hall–Kier alpha value is -1.99. The fourth-order valence-electron chi connectivity index (χ4n) is 2.22. The molecule has 0 bridgehead atoms. The molecule has 0 saturated heterocycles. The molecule has 3 rings (SSSR count). The number of rotatable bonds is 1. The van der Waals surface area contributed by atoms with E-state index in [2.05, 4.69) is 15.9 Å². The van der Waals surface area contributed by atoms with Crippen molar-refractivity contribution >= 4 is 38.5 Å². The second kappa shape index (κ2) is 5.82. The van der Waals surface area contributed by atoms with Crippen LogP contribution in [-0.2, 0) is 6.18 Å². The molecule has 2 aromatic carbocycles. The summed E-state index contributed by atoms with van der Waals surface area (Å²) in [4.78, 5) is 12.3. The van der Waals surface area contributed by atoms with Gasteiger partial charge in [0.15, 0.2) is 11.3 Å². The summed E-state index contributed by atoms with van der Waals surface area (Å²) in [6, 6.07) is 6.77. The fourth-order valence-corrected chi connectivity index (χ4v) is 3.11. The van der Waals surface area contributed by atoms with Gasteiger partial charge >= 0.3 is 6.18 Å². The molecular formula is C16H7BrClF3O3. The van der Waals surface area contributed by atoms with Gasteiger partial charge < -0.3 is 9.52 Å². The molecule has 0 unspecified atom stereocenters. The van der Waals surface area contributed by atoms with Gasteiger partial charge in [-0.2, -0.15) is 13.2 Å². The van der Waals surface area contributed by atoms with Gasteiger partial charge in [0.25, 0.3) is 0 Å². The molecule has 0 aliphatic heterocycles. The Morgan fingerprint density at radius 2 is 1.75 bits per heavy atom. The van der Waals surface area contributed by atoms with E-state index in [1.165, 1.54) is 12.1 Å². The first-order valence-corrected chi connectivity index (χ1v) is 7.68. The maximum Gasteiger partial charge on any atom is 0.416 e. The Morgan fingerprint density at radius 3 is 2.33 bits per heavy atom. The zero-order valence-corrected chi connectivity index (χ0v) is 14.0. The third-order valence-electron chi connectivity index (χ3n) is 3.36. The highest BCUT2D eigenvalue weighted by Crippen LogP contribution is 2.36. The number of aromatic hydroxyl groups is 1. The van der Waals surface area contributed by atoms with Crippen molar-refractivity contribution < 1.29 is 22.7 Å². The van der Waals surface area contributed by atoms with E-state index in [1.54, 1.807) is 0 Å². The van der Waals surface area contributed by atoms with Gasteiger partial charge in [-0.25, -0.2) is 0 Å². The quantitative estimate of drug-likeness (QED) is 0.558. The summed E-state index contributed by atoms with van der Waals surface area (Å²) in [6.07, 6.45) is -4.48. The predicted molar refractivity (Wildman–Crippen MR) is 87.3 cm³/mol. The molecule has 0 amide bonds. The molecule has 0 saturated carbocycles. The van der Waals surface area contributed by atoms with Gasteiger partial charge in [0.05, 0.1) is 15.4 Å². The topological polar surface area (TPSA) is 50.4 Å². The summed E-state index contributed by atoms with van der Waals surface area (Å²) in [5.41, 5.74) is -1.30. The van der Waals surface area contributed by atoms with Crippen molar-refractivity contribution in [3.05, 3.63) is 61.7 Å². The van der Waals surface area contributed by atoms with E-state index in [-0.39, 0.29) is 27.3 Å². The lowest BCUT2D eigenvalue weighted by atomic mass is 10.1. The highest BCUT2D eigenvalue weighted by atomic mass is 79.9. The molecule has 3 aromatic rings. The van der Waals surface area contributed by atoms with Crippen molar-refractivity contribution in [3.8, 4) is 17.1 Å². The molecular weight excluding hydrogens is 413 g/mol. The van der Waals surface area contributed by atoms with E-state index < -0.39 is 22.9 Å². The zero-order chi connectivity index (χ0) is 17.6. The second-order valence-corrected chi connectivity index (χ2v) is 6.24. The fraction of sp³-hybridized carbons (Fsp3) is 0.0625. The Labute approximate surface area is 146 Å². The van der Waals surface area contributed by atoms with Gasteiger partial charge in [0.2, 0.25) is 11.2 Å². The first-order valence-electron chi connectivity index (χ1n) is 6.51. The molecule has 1 N–H and O–H groups in total. The Morgan fingerprint density at radius 1 is 1.12 bits per heavy atom. The predicted octanol–water partition coefficient (Wildman–Crippen LogP) is 5.60. The van der Waals surface area contributed by atoms with Crippen LogP contribution in [0, 0.1) is 0 Å². The second-order valence-electron chi connectivity index (χ2n) is 4.95. The Kier molecular flexibility index (Phi) is 4.09. The van der Waals surface area contributed by atoms with E-state index >= 15 is 0 Å². The summed E-state index contributed by atoms with van der Waals surface area (Å²) >= 11 is 9.07. The standard InChI is InChI=1S/C16H7BrClF3O3/c17-11-6-9(18)5-10-12(22)13(23)14(24-15(10)11)7-1-3-8(4-2-7)16(19,20)21/h1-6,23H. The molecule has 3 nitrogen and oxygen atoms in total. The van der Waals surface area contributed by atoms with Crippen LogP contribution in [0.1, 0.15) is 5.56 Å². The summed E-state index contributed by atoms with van der Waals surface area (Å²) in [5, 5.41) is 10.4. The number of hydrogen-bond donors (Lipinski definition) is 1. The minimum absolute atomic E-state index is 0.0579. The van der Waals surface area contributed by atoms with E-state index in [0.717, 1.165) is 24.3 Å².